The first-order valence-electron chi connectivity index (χ1n) is 12.4. The van der Waals surface area contributed by atoms with Crippen molar-refractivity contribution in [3.05, 3.63) is 103 Å². The van der Waals surface area contributed by atoms with E-state index in [1.165, 1.54) is 16.7 Å². The van der Waals surface area contributed by atoms with Gasteiger partial charge < -0.3 is 29.8 Å². The van der Waals surface area contributed by atoms with Gasteiger partial charge in [-0.05, 0) is 84.0 Å². The molecule has 0 spiro atoms. The SMILES string of the molecule is Cc1cc(OCC[C@H](O)CO)cc(C)c1-c1cccc(CNc2ccc(Cn3oc(=O)[n-]c3=O)cc2)c1C.[Na+]. The summed E-state index contributed by atoms with van der Waals surface area (Å²) in [5.74, 6) is -0.148. The van der Waals surface area contributed by atoms with Gasteiger partial charge in [-0.3, -0.25) is 9.53 Å². The van der Waals surface area contributed by atoms with Gasteiger partial charge in [0.05, 0.1) is 19.3 Å². The van der Waals surface area contributed by atoms with Crippen molar-refractivity contribution >= 4 is 5.69 Å². The van der Waals surface area contributed by atoms with Crippen LogP contribution >= 0.6 is 0 Å². The maximum Gasteiger partial charge on any atom is 1.00 e. The second-order valence-corrected chi connectivity index (χ2v) is 9.33. The van der Waals surface area contributed by atoms with E-state index in [4.69, 9.17) is 14.4 Å². The maximum absolute atomic E-state index is 11.6. The quantitative estimate of drug-likeness (QED) is 0.229. The summed E-state index contributed by atoms with van der Waals surface area (Å²) in [6, 6.07) is 17.9. The summed E-state index contributed by atoms with van der Waals surface area (Å²) in [6.07, 6.45) is -0.399. The predicted molar refractivity (Wildman–Crippen MR) is 145 cm³/mol. The van der Waals surface area contributed by atoms with Crippen molar-refractivity contribution in [3.8, 4) is 16.9 Å². The van der Waals surface area contributed by atoms with Crippen LogP contribution in [0.1, 0.15) is 34.2 Å². The number of benzene rings is 3. The molecule has 0 radical (unpaired) electrons. The molecule has 0 unspecified atom stereocenters. The fraction of sp³-hybridized carbons (Fsp3) is 0.310. The Hall–Kier alpha value is -3.08. The molecule has 10 heteroatoms. The van der Waals surface area contributed by atoms with Gasteiger partial charge in [-0.25, -0.2) is 4.79 Å². The van der Waals surface area contributed by atoms with E-state index in [2.05, 4.69) is 49.3 Å². The summed E-state index contributed by atoms with van der Waals surface area (Å²) in [5.41, 5.74) is 7.91. The molecule has 0 aliphatic heterocycles. The molecule has 1 atom stereocenters. The molecule has 4 rings (SSSR count). The third-order valence-electron chi connectivity index (χ3n) is 6.50. The van der Waals surface area contributed by atoms with Crippen LogP contribution in [0.5, 0.6) is 5.75 Å². The number of aliphatic hydroxyl groups is 2. The summed E-state index contributed by atoms with van der Waals surface area (Å²) < 4.78 is 11.5. The van der Waals surface area contributed by atoms with Crippen molar-refractivity contribution < 1.29 is 49.0 Å². The molecule has 0 saturated carbocycles. The van der Waals surface area contributed by atoms with E-state index in [0.29, 0.717) is 19.6 Å². The third-order valence-corrected chi connectivity index (χ3v) is 6.50. The molecule has 4 aromatic rings. The Morgan fingerprint density at radius 3 is 2.36 bits per heavy atom. The van der Waals surface area contributed by atoms with Crippen LogP contribution in [0.4, 0.5) is 5.69 Å². The summed E-state index contributed by atoms with van der Waals surface area (Å²) >= 11 is 0. The van der Waals surface area contributed by atoms with E-state index in [1.807, 2.05) is 36.4 Å². The van der Waals surface area contributed by atoms with Gasteiger partial charge in [-0.2, -0.15) is 0 Å². The van der Waals surface area contributed by atoms with E-state index in [9.17, 15) is 14.7 Å². The Bertz CT molecular complexity index is 1480. The molecule has 3 N–H and O–H groups in total. The molecule has 1 heterocycles. The van der Waals surface area contributed by atoms with Gasteiger partial charge in [0, 0.05) is 25.2 Å². The average Bonchev–Trinajstić information content (AvgIpc) is 3.20. The van der Waals surface area contributed by atoms with Gasteiger partial charge in [0.2, 0.25) is 0 Å². The number of aryl methyl sites for hydroxylation is 2. The summed E-state index contributed by atoms with van der Waals surface area (Å²) in [4.78, 5) is 25.9. The Labute approximate surface area is 248 Å². The third kappa shape index (κ3) is 7.74. The van der Waals surface area contributed by atoms with Crippen LogP contribution in [-0.2, 0) is 13.1 Å². The first kappa shape index (κ1) is 30.5. The van der Waals surface area contributed by atoms with Crippen molar-refractivity contribution in [1.29, 1.82) is 0 Å². The van der Waals surface area contributed by atoms with E-state index < -0.39 is 17.5 Å². The van der Waals surface area contributed by atoms with Gasteiger partial charge in [0.1, 0.15) is 5.75 Å². The van der Waals surface area contributed by atoms with Crippen molar-refractivity contribution in [2.24, 2.45) is 0 Å². The smallest absolute Gasteiger partial charge is 0.493 e. The summed E-state index contributed by atoms with van der Waals surface area (Å²) in [6.45, 7) is 7.08. The molecule has 0 fully saturated rings. The van der Waals surface area contributed by atoms with Crippen LogP contribution in [0.15, 0.2) is 68.7 Å². The van der Waals surface area contributed by atoms with E-state index in [0.717, 1.165) is 38.4 Å². The van der Waals surface area contributed by atoms with Gasteiger partial charge >= 0.3 is 35.3 Å². The Kier molecular flexibility index (Phi) is 10.8. The van der Waals surface area contributed by atoms with Gasteiger partial charge in [-0.15, -0.1) is 0 Å². The Morgan fingerprint density at radius 1 is 1.05 bits per heavy atom. The van der Waals surface area contributed by atoms with Gasteiger partial charge in [0.15, 0.2) is 5.69 Å². The monoisotopic (exact) mass is 541 g/mol. The molecular formula is C29H32N3NaO6. The second-order valence-electron chi connectivity index (χ2n) is 9.33. The first-order valence-corrected chi connectivity index (χ1v) is 12.4. The van der Waals surface area contributed by atoms with Gasteiger partial charge in [-0.1, -0.05) is 30.3 Å². The number of aliphatic hydroxyl groups excluding tert-OH is 2. The zero-order chi connectivity index (χ0) is 27.2. The minimum absolute atomic E-state index is 0. The molecule has 0 aliphatic carbocycles. The molecule has 3 aromatic carbocycles. The number of nitrogens with zero attached hydrogens (tertiary/aromatic N) is 2. The van der Waals surface area contributed by atoms with Crippen molar-refractivity contribution in [3.63, 3.8) is 0 Å². The Morgan fingerprint density at radius 2 is 1.74 bits per heavy atom. The molecule has 200 valence electrons. The predicted octanol–water partition coefficient (Wildman–Crippen LogP) is 0.137. The van der Waals surface area contributed by atoms with Crippen LogP contribution in [-0.4, -0.2) is 34.3 Å². The van der Waals surface area contributed by atoms with Crippen molar-refractivity contribution in [1.82, 2.24) is 9.72 Å². The molecule has 0 aliphatic rings. The topological polar surface area (TPSA) is 128 Å². The van der Waals surface area contributed by atoms with Crippen LogP contribution in [0.2, 0.25) is 0 Å². The molecule has 9 nitrogen and oxygen atoms in total. The van der Waals surface area contributed by atoms with Crippen LogP contribution in [0.25, 0.3) is 11.1 Å². The Balaban J connectivity index is 0.00000420. The molecule has 1 aromatic heterocycles. The molecular weight excluding hydrogens is 509 g/mol. The zero-order valence-electron chi connectivity index (χ0n) is 22.7. The van der Waals surface area contributed by atoms with E-state index in [-0.39, 0.29) is 42.7 Å². The largest absolute Gasteiger partial charge is 1.00 e. The fourth-order valence-corrected chi connectivity index (χ4v) is 4.46. The summed E-state index contributed by atoms with van der Waals surface area (Å²) in [5, 5.41) is 21.9. The normalized spacial score (nSPS) is 11.6. The second kappa shape index (κ2) is 13.8. The number of aromatic nitrogens is 2. The van der Waals surface area contributed by atoms with Crippen molar-refractivity contribution in [2.75, 3.05) is 18.5 Å². The van der Waals surface area contributed by atoms with E-state index in [1.54, 1.807) is 0 Å². The van der Waals surface area contributed by atoms with Crippen LogP contribution in [0, 0.1) is 20.8 Å². The maximum atomic E-state index is 11.6. The number of rotatable bonds is 11. The van der Waals surface area contributed by atoms with Crippen molar-refractivity contribution in [2.45, 2.75) is 46.4 Å². The van der Waals surface area contributed by atoms with Crippen LogP contribution < -0.4 is 56.0 Å². The first-order chi connectivity index (χ1) is 18.2. The minimum atomic E-state index is -0.893. The molecule has 0 bridgehead atoms. The number of ether oxygens (including phenoxy) is 1. The number of nitrogens with one attached hydrogen (secondary N) is 1. The van der Waals surface area contributed by atoms with Crippen LogP contribution in [0.3, 0.4) is 0 Å². The number of hydrogen-bond acceptors (Lipinski definition) is 7. The number of anilines is 1. The zero-order valence-corrected chi connectivity index (χ0v) is 24.7. The minimum Gasteiger partial charge on any atom is -0.493 e. The fourth-order valence-electron chi connectivity index (χ4n) is 4.46. The molecule has 39 heavy (non-hydrogen) atoms. The van der Waals surface area contributed by atoms with E-state index >= 15 is 0 Å². The average molecular weight is 542 g/mol. The van der Waals surface area contributed by atoms with Gasteiger partial charge in [0.25, 0.3) is 0 Å². The standard InChI is InChI=1S/C29H33N3O6.Na/c1-18-13-25(37-12-11-24(34)17-33)14-19(2)27(18)26-6-4-5-22(20(26)3)15-30-23-9-7-21(8-10-23)16-32-28(35)31-29(36)38-32;/h4-10,13-14,24,30,33-34H,11-12,15-17H2,1-3H3,(H,31,35,36);/q;+1/p-1/t24-;/m0./s1. The number of hydrogen-bond donors (Lipinski definition) is 3. The molecule has 0 saturated heterocycles. The summed E-state index contributed by atoms with van der Waals surface area (Å²) in [7, 11) is 0. The molecule has 0 amide bonds.